The normalized spacial score (nSPS) is 21.1. The lowest BCUT2D eigenvalue weighted by atomic mass is 9.49. The average Bonchev–Trinajstić information content (AvgIpc) is 0.717. The minimum atomic E-state index is -1.57. The highest BCUT2D eigenvalue weighted by molar-refractivity contribution is 6.02. The SMILES string of the molecule is CC(C)[C@H](NC(=O)[C@@H](CCCCNC(=O)COC1CCCCC/C(NCCOCCOCCOCCOCCC(=O)NCC[N+](C)(C)C)=C\1N)NC(=O)CCOCCOCCOCCOCCNC(=O)CCC(=O)N1Cc2ccccc2C#Cc2ccccc21)C(=O)N[C@@H](CCCNC(N)=O)C(=O)N[C@@H](CO)C(=O)Nc1ccc2c(c1)[C@@]1(C)CCC[C@](C)(C(=O)NC(=O)[C@@]3(C)CCC[C@]4(C)c5cc(O)ccc5CC[C@@H]34)[C@@H]1CC2. The highest BCUT2D eigenvalue weighted by Gasteiger charge is 2.59. The first-order chi connectivity index (χ1) is 71.0. The van der Waals surface area contributed by atoms with Crippen molar-refractivity contribution in [2.75, 3.05) is 190 Å². The molecule has 816 valence electrons. The Bertz CT molecular complexity index is 5160. The van der Waals surface area contributed by atoms with Crippen LogP contribution in [-0.2, 0) is 126 Å². The number of carbonyl (C=O) groups excluding carboxylic acids is 12. The molecule has 1 heterocycles. The van der Waals surface area contributed by atoms with Gasteiger partial charge in [0.1, 0.15) is 36.5 Å². The number of phenols is 1. The lowest BCUT2D eigenvalue weighted by molar-refractivity contribution is -0.869. The number of aliphatic hydroxyl groups excluding tert-OH is 1. The van der Waals surface area contributed by atoms with Gasteiger partial charge in [-0.3, -0.25) is 58.1 Å². The average molecular weight is 2060 g/mol. The summed E-state index contributed by atoms with van der Waals surface area (Å²) in [5, 5.41) is 52.8. The molecule has 4 aromatic rings. The number of unbranched alkanes of at least 4 members (excludes halogenated alkanes) is 1. The number of amides is 13. The number of nitrogens with one attached hydrogen (secondary N) is 11. The molecule has 0 bridgehead atoms. The molecule has 5 aliphatic carbocycles. The predicted molar refractivity (Wildman–Crippen MR) is 558 cm³/mol. The van der Waals surface area contributed by atoms with Crippen molar-refractivity contribution in [3.8, 4) is 17.6 Å². The van der Waals surface area contributed by atoms with Crippen LogP contribution in [0.4, 0.5) is 16.2 Å². The molecule has 38 heteroatoms. The van der Waals surface area contributed by atoms with Gasteiger partial charge in [0.15, 0.2) is 0 Å². The van der Waals surface area contributed by atoms with E-state index in [1.807, 2.05) is 86.6 Å². The number of allylic oxidation sites excluding steroid dienone is 1. The van der Waals surface area contributed by atoms with Gasteiger partial charge in [-0.15, -0.1) is 0 Å². The monoisotopic (exact) mass is 2060 g/mol. The molecule has 2 saturated carbocycles. The number of imide groups is 1. The zero-order valence-corrected chi connectivity index (χ0v) is 88.4. The van der Waals surface area contributed by atoms with E-state index in [9.17, 15) is 63.0 Å². The Morgan fingerprint density at radius 2 is 1.00 bits per heavy atom. The highest BCUT2D eigenvalue weighted by Crippen LogP contribution is 2.60. The Morgan fingerprint density at radius 1 is 0.480 bits per heavy atom. The van der Waals surface area contributed by atoms with E-state index in [2.05, 4.69) is 105 Å². The third-order valence-corrected chi connectivity index (χ3v) is 29.5. The van der Waals surface area contributed by atoms with Crippen molar-refractivity contribution < 1.29 is 115 Å². The largest absolute Gasteiger partial charge is 0.508 e. The number of urea groups is 1. The smallest absolute Gasteiger partial charge is 0.312 e. The van der Waals surface area contributed by atoms with E-state index >= 15 is 4.79 Å². The number of aryl methyl sites for hydroxylation is 2. The standard InChI is InChI=1S/C110H163N15O23/c1-75(2)99(103(136)120-87(27-19-49-117-106(112)139)100(133)121-88(73-126)102(135)118-81-36-32-77-34-38-91-107(3,83(77)70-81)44-20-46-109(91,5)104(137)123-105(138)110(6)47-21-45-108(4)84-71-82(127)37-33-78(84)35-39-92(108)110)122-101(134)86(26-17-18-48-114-96(131)74-148-90-29-12-10-11-25-85(98(90)111)113-51-56-142-60-64-146-68-66-144-62-58-140-54-42-94(129)115-50-53-125(7,8)9)119-95(130)43-55-141-59-63-145-67-69-147-65-61-143-57-52-116-93(128)40-41-97(132)124-72-80-24-14-13-22-76(80)30-31-79-23-15-16-28-89(79)124/h13-16,22-24,28,32-33,36-37,70-71,75,86-88,90-92,99,113,126H,10-12,17-21,25-27,29,34-35,38-69,72-74,111H2,1-9H3,(H12-,112,114,115,116,117,118,119,120,121,122,123,127,128,129,130,131,133,134,135,136,137,138,139)/p+1/b98-85-/t86-,87+,88+,90?,91-,92-,99+,107-,108-,109+,110+/m1/s1. The Labute approximate surface area is 871 Å². The molecular formula is C110H164N15O23+. The van der Waals surface area contributed by atoms with Gasteiger partial charge >= 0.3 is 6.03 Å². The summed E-state index contributed by atoms with van der Waals surface area (Å²) in [4.78, 5) is 168. The van der Waals surface area contributed by atoms with Crippen LogP contribution < -0.4 is 74.9 Å². The third-order valence-electron chi connectivity index (χ3n) is 29.5. The van der Waals surface area contributed by atoms with Crippen molar-refractivity contribution in [2.45, 2.75) is 243 Å². The van der Waals surface area contributed by atoms with Crippen LogP contribution in [-0.4, -0.2) is 295 Å². The second kappa shape index (κ2) is 60.0. The van der Waals surface area contributed by atoms with Crippen LogP contribution in [0.2, 0.25) is 0 Å². The predicted octanol–water partition coefficient (Wildman–Crippen LogP) is 6.70. The first-order valence-corrected chi connectivity index (χ1v) is 53.1. The van der Waals surface area contributed by atoms with Gasteiger partial charge in [0.05, 0.1) is 181 Å². The van der Waals surface area contributed by atoms with E-state index in [-0.39, 0.29) is 170 Å². The maximum atomic E-state index is 15.0. The molecule has 11 atom stereocenters. The Kier molecular flexibility index (Phi) is 48.1. The van der Waals surface area contributed by atoms with Gasteiger partial charge in [-0.1, -0.05) is 122 Å². The van der Waals surface area contributed by atoms with E-state index in [0.717, 1.165) is 101 Å². The van der Waals surface area contributed by atoms with Crippen molar-refractivity contribution in [2.24, 2.45) is 40.1 Å². The van der Waals surface area contributed by atoms with Gasteiger partial charge in [-0.05, 0) is 202 Å². The number of para-hydroxylation sites is 1. The number of benzene rings is 4. The maximum Gasteiger partial charge on any atom is 0.312 e. The second-order valence-corrected chi connectivity index (χ2v) is 41.8. The summed E-state index contributed by atoms with van der Waals surface area (Å²) in [5.74, 6) is 0.430. The minimum absolute atomic E-state index is 0.000392. The lowest BCUT2D eigenvalue weighted by Gasteiger charge is -2.56. The quantitative estimate of drug-likeness (QED) is 0.00945. The molecule has 1 unspecified atom stereocenters. The molecule has 13 amide bonds. The Hall–Kier alpha value is -11.2. The molecule has 0 saturated heterocycles. The highest BCUT2D eigenvalue weighted by atomic mass is 16.6. The molecule has 0 radical (unpaired) electrons. The number of aliphatic hydroxyl groups is 1. The summed E-state index contributed by atoms with van der Waals surface area (Å²) in [6.45, 7) is 17.6. The van der Waals surface area contributed by atoms with Crippen LogP contribution in [0, 0.1) is 40.4 Å². The Morgan fingerprint density at radius 3 is 1.61 bits per heavy atom. The van der Waals surface area contributed by atoms with E-state index in [1.165, 1.54) is 5.56 Å². The van der Waals surface area contributed by atoms with E-state index in [0.29, 0.717) is 154 Å². The molecule has 38 nitrogen and oxygen atoms in total. The summed E-state index contributed by atoms with van der Waals surface area (Å²) >= 11 is 0. The van der Waals surface area contributed by atoms with Crippen molar-refractivity contribution in [1.82, 2.24) is 53.2 Å². The molecule has 0 aromatic heterocycles. The van der Waals surface area contributed by atoms with Gasteiger partial charge in [-0.25, -0.2) is 4.79 Å². The first kappa shape index (κ1) is 119. The summed E-state index contributed by atoms with van der Waals surface area (Å²) < 4.78 is 52.2. The fraction of sp³-hybridized carbons (Fsp3) is 0.636. The molecule has 17 N–H and O–H groups in total. The van der Waals surface area contributed by atoms with Gasteiger partial charge in [0.25, 0.3) is 0 Å². The molecule has 10 rings (SSSR count). The number of hydrogen-bond acceptors (Lipinski definition) is 25. The molecule has 148 heavy (non-hydrogen) atoms. The van der Waals surface area contributed by atoms with Gasteiger partial charge in [0, 0.05) is 74.4 Å². The number of fused-ring (bicyclic) bond motifs is 8. The lowest BCUT2D eigenvalue weighted by Crippen LogP contribution is -2.60. The summed E-state index contributed by atoms with van der Waals surface area (Å²) in [6, 6.07) is 19.9. The fourth-order valence-electron chi connectivity index (χ4n) is 21.2. The number of ether oxygens (including phenoxy) is 9. The molecule has 2 fully saturated rings. The first-order valence-electron chi connectivity index (χ1n) is 53.1. The number of likely N-dealkylation sites (N-methyl/N-ethyl adjacent to an activating group) is 1. The van der Waals surface area contributed by atoms with Gasteiger partial charge in [0.2, 0.25) is 65.0 Å². The summed E-state index contributed by atoms with van der Waals surface area (Å²) in [6.07, 6.45) is 11.3. The number of quaternary nitrogens is 1. The number of nitrogens with two attached hydrogens (primary N) is 2. The number of hydrogen-bond donors (Lipinski definition) is 15. The van der Waals surface area contributed by atoms with Crippen LogP contribution in [0.3, 0.4) is 0 Å². The minimum Gasteiger partial charge on any atom is -0.508 e. The number of carbonyl (C=O) groups is 12. The van der Waals surface area contributed by atoms with Gasteiger partial charge in [-0.2, -0.15) is 0 Å². The molecule has 6 aliphatic rings. The number of primary amides is 1. The fourth-order valence-corrected chi connectivity index (χ4v) is 21.2. The molecular weight excluding hydrogens is 1900 g/mol. The van der Waals surface area contributed by atoms with E-state index < -0.39 is 101 Å². The van der Waals surface area contributed by atoms with E-state index in [4.69, 9.17) is 54.1 Å². The zero-order chi connectivity index (χ0) is 107. The van der Waals surface area contributed by atoms with Crippen LogP contribution >= 0.6 is 0 Å². The summed E-state index contributed by atoms with van der Waals surface area (Å²) in [7, 11) is 6.21. The molecule has 0 spiro atoms. The van der Waals surface area contributed by atoms with Crippen LogP contribution in [0.15, 0.2) is 96.3 Å². The topological polar surface area (TPSA) is 516 Å². The van der Waals surface area contributed by atoms with E-state index in [1.54, 1.807) is 30.9 Å². The number of anilines is 2. The van der Waals surface area contributed by atoms with Crippen molar-refractivity contribution in [1.29, 1.82) is 0 Å². The number of nitrogens with zero attached hydrogens (tertiary/aromatic N) is 2. The Balaban J connectivity index is 0.682. The van der Waals surface area contributed by atoms with Crippen LogP contribution in [0.1, 0.15) is 222 Å². The van der Waals surface area contributed by atoms with Crippen LogP contribution in [0.25, 0.3) is 0 Å². The van der Waals surface area contributed by atoms with Gasteiger partial charge < -0.3 is 127 Å². The van der Waals surface area contributed by atoms with Crippen molar-refractivity contribution in [3.05, 3.63) is 135 Å². The molecule has 1 aliphatic heterocycles. The maximum absolute atomic E-state index is 15.0. The summed E-state index contributed by atoms with van der Waals surface area (Å²) in [5.41, 5.74) is 18.5. The number of rotatable bonds is 62. The number of aromatic hydroxyl groups is 1. The number of phenolic OH excluding ortho intramolecular Hbond substituents is 1. The van der Waals surface area contributed by atoms with Crippen LogP contribution in [0.5, 0.6) is 5.75 Å². The third kappa shape index (κ3) is 36.3. The van der Waals surface area contributed by atoms with Crippen molar-refractivity contribution >= 4 is 82.4 Å². The second-order valence-electron chi connectivity index (χ2n) is 41.8. The van der Waals surface area contributed by atoms with Crippen molar-refractivity contribution in [3.63, 3.8) is 0 Å². The zero-order valence-electron chi connectivity index (χ0n) is 88.4. The molecule has 4 aromatic carbocycles.